The molecule has 20 heteroatoms. The lowest BCUT2D eigenvalue weighted by Gasteiger charge is -2.71. The highest BCUT2D eigenvalue weighted by molar-refractivity contribution is 5.82. The maximum absolute atomic E-state index is 15.1. The van der Waals surface area contributed by atoms with Crippen LogP contribution in [-0.2, 0) is 42.7 Å². The lowest BCUT2D eigenvalue weighted by Crippen LogP contribution is -2.70. The molecule has 25 atom stereocenters. The Morgan fingerprint density at radius 1 is 0.761 bits per heavy atom. The van der Waals surface area contributed by atoms with Gasteiger partial charge in [-0.1, -0.05) is 46.3 Å². The van der Waals surface area contributed by atoms with Crippen molar-refractivity contribution in [1.82, 2.24) is 0 Å². The Balaban J connectivity index is 1.02. The van der Waals surface area contributed by atoms with Gasteiger partial charge in [0.2, 0.25) is 6.29 Å². The molecule has 4 saturated heterocycles. The number of aliphatic hydroxyl groups excluding tert-OH is 11. The van der Waals surface area contributed by atoms with Crippen molar-refractivity contribution in [3.63, 3.8) is 0 Å². The molecule has 0 amide bonds. The molecule has 4 saturated carbocycles. The number of hydrogen-bond acceptors (Lipinski definition) is 20. The van der Waals surface area contributed by atoms with Gasteiger partial charge < -0.3 is 89.3 Å². The molecule has 9 rings (SSSR count). The number of aliphatic hydroxyl groups is 11. The highest BCUT2D eigenvalue weighted by Crippen LogP contribution is 2.77. The Hall–Kier alpha value is -1.96. The van der Waals surface area contributed by atoms with Crippen LogP contribution < -0.4 is 0 Å². The number of hydrogen-bond donors (Lipinski definition) is 11. The van der Waals surface area contributed by atoms with Crippen molar-refractivity contribution in [2.45, 2.75) is 197 Å². The van der Waals surface area contributed by atoms with Crippen molar-refractivity contribution in [3.8, 4) is 0 Å². The van der Waals surface area contributed by atoms with E-state index in [1.165, 1.54) is 6.92 Å². The van der Waals surface area contributed by atoms with E-state index in [1.54, 1.807) is 0 Å². The summed E-state index contributed by atoms with van der Waals surface area (Å²) in [6.45, 7) is 10.4. The molecule has 67 heavy (non-hydrogen) atoms. The number of esters is 2. The van der Waals surface area contributed by atoms with Gasteiger partial charge in [-0.3, -0.25) is 9.59 Å². The molecular weight excluding hydrogens is 884 g/mol. The normalized spacial score (nSPS) is 55.8. The van der Waals surface area contributed by atoms with Crippen molar-refractivity contribution >= 4 is 11.9 Å². The van der Waals surface area contributed by atoms with Gasteiger partial charge in [0.15, 0.2) is 18.7 Å². The Kier molecular flexibility index (Phi) is 12.8. The summed E-state index contributed by atoms with van der Waals surface area (Å²) >= 11 is 0. The Morgan fingerprint density at radius 3 is 2.10 bits per heavy atom. The Labute approximate surface area is 389 Å². The summed E-state index contributed by atoms with van der Waals surface area (Å²) in [5.74, 6) is -2.57. The van der Waals surface area contributed by atoms with Crippen molar-refractivity contribution in [2.75, 3.05) is 19.8 Å². The molecule has 2 bridgehead atoms. The van der Waals surface area contributed by atoms with Gasteiger partial charge in [-0.15, -0.1) is 0 Å². The highest BCUT2D eigenvalue weighted by Gasteiger charge is 2.77. The van der Waals surface area contributed by atoms with Gasteiger partial charge in [-0.25, -0.2) is 0 Å². The molecule has 20 nitrogen and oxygen atoms in total. The van der Waals surface area contributed by atoms with Gasteiger partial charge in [0.25, 0.3) is 0 Å². The maximum atomic E-state index is 15.1. The smallest absolute Gasteiger partial charge is 0.317 e. The summed E-state index contributed by atoms with van der Waals surface area (Å²) < 4.78 is 41.6. The first-order chi connectivity index (χ1) is 31.4. The molecule has 0 radical (unpaired) electrons. The van der Waals surface area contributed by atoms with Crippen molar-refractivity contribution < 1.29 is 98.9 Å². The van der Waals surface area contributed by atoms with Gasteiger partial charge in [0.1, 0.15) is 78.0 Å². The topological polar surface area (TPSA) is 321 Å². The highest BCUT2D eigenvalue weighted by atomic mass is 16.8. The van der Waals surface area contributed by atoms with Crippen molar-refractivity contribution in [1.29, 1.82) is 0 Å². The van der Waals surface area contributed by atoms with Gasteiger partial charge in [0, 0.05) is 0 Å². The third-order valence-corrected chi connectivity index (χ3v) is 19.2. The van der Waals surface area contributed by atoms with E-state index >= 15 is 4.79 Å². The molecule has 380 valence electrons. The number of ether oxygens (including phenoxy) is 7. The predicted octanol–water partition coefficient (Wildman–Crippen LogP) is -1.73. The zero-order valence-corrected chi connectivity index (χ0v) is 39.0. The van der Waals surface area contributed by atoms with E-state index in [4.69, 9.17) is 33.2 Å². The van der Waals surface area contributed by atoms with E-state index in [0.29, 0.717) is 38.5 Å². The van der Waals surface area contributed by atoms with Crippen LogP contribution in [0.3, 0.4) is 0 Å². The minimum Gasteiger partial charge on any atom is -0.459 e. The van der Waals surface area contributed by atoms with Crippen LogP contribution in [0.4, 0.5) is 0 Å². The summed E-state index contributed by atoms with van der Waals surface area (Å²) in [4.78, 5) is 29.3. The first-order valence-electron chi connectivity index (χ1n) is 24.1. The van der Waals surface area contributed by atoms with E-state index in [9.17, 15) is 61.0 Å². The molecule has 8 fully saturated rings. The summed E-state index contributed by atoms with van der Waals surface area (Å²) in [5, 5.41) is 119. The zero-order chi connectivity index (χ0) is 48.7. The second-order valence-electron chi connectivity index (χ2n) is 23.0. The molecule has 4 heterocycles. The summed E-state index contributed by atoms with van der Waals surface area (Å²) in [5.41, 5.74) is -4.20. The van der Waals surface area contributed by atoms with Crippen LogP contribution in [0, 0.1) is 50.2 Å². The van der Waals surface area contributed by atoms with E-state index in [1.807, 2.05) is 0 Å². The van der Waals surface area contributed by atoms with Crippen LogP contribution in [0.5, 0.6) is 0 Å². The predicted molar refractivity (Wildman–Crippen MR) is 225 cm³/mol. The standard InChI is InChI=1S/C47H72O20/c1-19-28(52)31(55)33(57)37(62-19)65-35-29(53)22(50)17-61-39(35)67-40(59)46-12-11-42(2,3)13-21(46)20-7-8-25-43(4)14-23-36(66-38-34(58)32(56)30(54)24(16-48)63-38)47(18-49,41(60)64-23)26(43)9-10-44(25,5)45(20,6)15-27(46)51/h7,19,21-39,48-58H,8-18H2,1-6H3/t19-,21-,22-,23-,24+,25+,26+,27+,28-,29-,30+,31+,32-,33+,34+,35+,36-,37-,38-,39-,43+,44+,45+,46+,47+/m0/s1. The van der Waals surface area contributed by atoms with Gasteiger partial charge in [0.05, 0.1) is 32.0 Å². The van der Waals surface area contributed by atoms with E-state index < -0.39 is 175 Å². The lowest BCUT2D eigenvalue weighted by molar-refractivity contribution is -0.350. The SMILES string of the molecule is C[C@@H]1O[C@@H](O[C@H]2[C@H](OC(=O)[C@]34CCC(C)(C)C[C@H]3C3=CC[C@@H]5[C@@]6(C)C[C@@H]7OC(=O)[C@](CO)([C@@H]6CC[C@@]5(C)[C@]3(C)C[C@H]4O)[C@H]7O[C@@H]3O[C@H](CO)[C@@H](O)[C@H](O)[C@H]3O)OC[C@H](O)[C@@H]2O)[C@H](O)[C@H](O)[C@H]1O. The molecule has 0 aromatic heterocycles. The largest absolute Gasteiger partial charge is 0.459 e. The fraction of sp³-hybridized carbons (Fsp3) is 0.915. The third-order valence-electron chi connectivity index (χ3n) is 19.2. The number of carbonyl (C=O) groups is 2. The van der Waals surface area contributed by atoms with Crippen LogP contribution in [0.15, 0.2) is 11.6 Å². The molecule has 0 unspecified atom stereocenters. The minimum atomic E-state index is -1.77. The van der Waals surface area contributed by atoms with E-state index in [0.717, 1.165) is 5.57 Å². The van der Waals surface area contributed by atoms with Crippen LogP contribution in [-0.4, -0.2) is 192 Å². The molecular formula is C47H72O20. The Morgan fingerprint density at radius 2 is 1.43 bits per heavy atom. The number of carbonyl (C=O) groups excluding carboxylic acids is 2. The van der Waals surface area contributed by atoms with Crippen LogP contribution in [0.25, 0.3) is 0 Å². The number of rotatable bonds is 8. The average molecular weight is 957 g/mol. The van der Waals surface area contributed by atoms with Crippen LogP contribution >= 0.6 is 0 Å². The van der Waals surface area contributed by atoms with Crippen LogP contribution in [0.2, 0.25) is 0 Å². The molecule has 11 N–H and O–H groups in total. The molecule has 9 aliphatic rings. The quantitative estimate of drug-likeness (QED) is 0.0731. The number of fused-ring (bicyclic) bond motifs is 10. The molecule has 4 aliphatic heterocycles. The fourth-order valence-electron chi connectivity index (χ4n) is 15.2. The first kappa shape index (κ1) is 50.0. The number of allylic oxidation sites excluding steroid dienone is 2. The van der Waals surface area contributed by atoms with Crippen molar-refractivity contribution in [3.05, 3.63) is 11.6 Å². The summed E-state index contributed by atoms with van der Waals surface area (Å²) in [6, 6.07) is 0. The monoisotopic (exact) mass is 956 g/mol. The summed E-state index contributed by atoms with van der Waals surface area (Å²) in [6.07, 6.45) is -19.5. The maximum Gasteiger partial charge on any atom is 0.317 e. The fourth-order valence-corrected chi connectivity index (χ4v) is 15.2. The minimum absolute atomic E-state index is 0.131. The molecule has 0 spiro atoms. The van der Waals surface area contributed by atoms with E-state index in [2.05, 4.69) is 40.7 Å². The average Bonchev–Trinajstić information content (AvgIpc) is 3.47. The van der Waals surface area contributed by atoms with Crippen LogP contribution in [0.1, 0.15) is 92.9 Å². The first-order valence-corrected chi connectivity index (χ1v) is 24.1. The third kappa shape index (κ3) is 7.12. The van der Waals surface area contributed by atoms with E-state index in [-0.39, 0.29) is 24.2 Å². The van der Waals surface area contributed by atoms with Gasteiger partial charge in [-0.05, 0) is 97.7 Å². The lowest BCUT2D eigenvalue weighted by atomic mass is 9.33. The molecule has 0 aromatic rings. The molecule has 0 aromatic carbocycles. The Bertz CT molecular complexity index is 1930. The van der Waals surface area contributed by atoms with Crippen molar-refractivity contribution in [2.24, 2.45) is 50.2 Å². The second-order valence-corrected chi connectivity index (χ2v) is 23.0. The second kappa shape index (κ2) is 17.1. The zero-order valence-electron chi connectivity index (χ0n) is 39.0. The summed E-state index contributed by atoms with van der Waals surface area (Å²) in [7, 11) is 0. The van der Waals surface area contributed by atoms with Gasteiger partial charge >= 0.3 is 11.9 Å². The molecule has 5 aliphatic carbocycles. The van der Waals surface area contributed by atoms with Gasteiger partial charge in [-0.2, -0.15) is 0 Å².